The highest BCUT2D eigenvalue weighted by molar-refractivity contribution is 8.10. The number of hydrogen-bond donors (Lipinski definition) is 0. The molecule has 0 N–H and O–H groups in total. The van der Waals surface area contributed by atoms with Gasteiger partial charge in [-0.2, -0.15) is 8.81 Å². The molecular weight excluding hydrogens is 851 g/mol. The average molecular weight is 912 g/mol. The molecule has 336 valence electrons. The zero-order chi connectivity index (χ0) is 45.7. The monoisotopic (exact) mass is 911 g/mol. The van der Waals surface area contributed by atoms with E-state index in [1.54, 1.807) is 30.0 Å². The van der Waals surface area contributed by atoms with Gasteiger partial charge in [0, 0.05) is 25.3 Å². The number of aromatic nitrogens is 2. The Bertz CT molecular complexity index is 2550. The van der Waals surface area contributed by atoms with E-state index in [1.807, 2.05) is 23.1 Å². The van der Waals surface area contributed by atoms with Crippen LogP contribution in [0.5, 0.6) is 0 Å². The normalized spacial score (nSPS) is 14.6. The molecule has 0 saturated heterocycles. The Morgan fingerprint density at radius 1 is 0.778 bits per heavy atom. The van der Waals surface area contributed by atoms with Gasteiger partial charge in [0.15, 0.2) is 14.0 Å². The lowest BCUT2D eigenvalue weighted by molar-refractivity contribution is 0.0554. The van der Waals surface area contributed by atoms with E-state index in [-0.39, 0.29) is 56.5 Å². The Morgan fingerprint density at radius 2 is 1.32 bits per heavy atom. The first-order valence-corrected chi connectivity index (χ1v) is 27.5. The van der Waals surface area contributed by atoms with Crippen molar-refractivity contribution < 1.29 is 30.9 Å². The minimum absolute atomic E-state index is 0.000230. The van der Waals surface area contributed by atoms with Gasteiger partial charge in [-0.25, -0.2) is 21.5 Å². The van der Waals surface area contributed by atoms with Crippen molar-refractivity contribution >= 4 is 45.9 Å². The molecule has 2 amide bonds. The number of hydrogen-bond acceptors (Lipinski definition) is 8. The SMILES string of the molecule is CCCCN(CCCC)C(=O)c1cc(C)n(-c2ccc(N(S(=O)(=O)c3ccccc3)S(=O)(=O)c3ccccc3)cc2C(=O)N2Cc3ccccc3CC2CO[Si](C)(C)C(C)(C)C)n1. The molecule has 0 spiro atoms. The highest BCUT2D eigenvalue weighted by atomic mass is 32.3. The first-order valence-electron chi connectivity index (χ1n) is 21.7. The van der Waals surface area contributed by atoms with Crippen molar-refractivity contribution in [2.24, 2.45) is 0 Å². The van der Waals surface area contributed by atoms with E-state index in [9.17, 15) is 21.6 Å². The molecular formula is C48H61N5O7S2Si. The summed E-state index contributed by atoms with van der Waals surface area (Å²) in [6.07, 6.45) is 4.01. The van der Waals surface area contributed by atoms with Crippen LogP contribution in [0.25, 0.3) is 5.69 Å². The Kier molecular flexibility index (Phi) is 14.5. The maximum absolute atomic E-state index is 15.6. The van der Waals surface area contributed by atoms with Crippen LogP contribution in [-0.4, -0.2) is 82.3 Å². The van der Waals surface area contributed by atoms with E-state index < -0.39 is 40.3 Å². The maximum Gasteiger partial charge on any atom is 0.277 e. The predicted molar refractivity (Wildman–Crippen MR) is 251 cm³/mol. The fourth-order valence-electron chi connectivity index (χ4n) is 7.42. The van der Waals surface area contributed by atoms with E-state index in [0.29, 0.717) is 28.9 Å². The summed E-state index contributed by atoms with van der Waals surface area (Å²) in [4.78, 5) is 32.7. The standard InChI is InChI=1S/C48H61N5O7S2Si/c1-9-11-29-50(30-12-10-2)47(55)44-31-36(3)52(49-44)45-28-27-39(53(61(56,57)41-23-15-13-16-24-41)62(58,59)42-25-17-14-18-26-42)33-43(45)46(54)51-34-38-22-20-19-21-37(38)32-40(51)35-60-63(7,8)48(4,5)6/h13-28,31,33,40H,9-12,29-30,32,34-35H2,1-8H3. The zero-order valence-corrected chi connectivity index (χ0v) is 40.4. The Balaban J connectivity index is 1.56. The lowest BCUT2D eigenvalue weighted by Crippen LogP contribution is -2.50. The molecule has 63 heavy (non-hydrogen) atoms. The van der Waals surface area contributed by atoms with Crippen LogP contribution in [0.2, 0.25) is 18.1 Å². The summed E-state index contributed by atoms with van der Waals surface area (Å²) in [5, 5.41) is 4.71. The molecule has 6 rings (SSSR count). The number of carbonyl (C=O) groups excluding carboxylic acids is 2. The van der Waals surface area contributed by atoms with Gasteiger partial charge in [-0.05, 0) is 104 Å². The van der Waals surface area contributed by atoms with Crippen molar-refractivity contribution in [3.05, 3.63) is 137 Å². The number of anilines is 1. The third-order valence-corrected chi connectivity index (χ3v) is 20.9. The minimum Gasteiger partial charge on any atom is -0.415 e. The molecule has 0 fully saturated rings. The molecule has 4 aromatic carbocycles. The number of aryl methyl sites for hydroxylation is 1. The number of sulfonamides is 2. The number of nitrogens with zero attached hydrogens (tertiary/aromatic N) is 5. The van der Waals surface area contributed by atoms with E-state index >= 15 is 4.79 Å². The third kappa shape index (κ3) is 10.2. The maximum atomic E-state index is 15.6. The Labute approximate surface area is 375 Å². The third-order valence-electron chi connectivity index (χ3n) is 12.2. The molecule has 0 saturated carbocycles. The molecule has 0 radical (unpaired) electrons. The van der Waals surface area contributed by atoms with Gasteiger partial charge < -0.3 is 14.2 Å². The summed E-state index contributed by atoms with van der Waals surface area (Å²) < 4.78 is 67.4. The van der Waals surface area contributed by atoms with Crippen molar-refractivity contribution in [2.45, 2.75) is 114 Å². The number of benzene rings is 4. The van der Waals surface area contributed by atoms with Crippen LogP contribution < -0.4 is 3.71 Å². The van der Waals surface area contributed by atoms with Crippen LogP contribution >= 0.6 is 0 Å². The van der Waals surface area contributed by atoms with Gasteiger partial charge in [0.1, 0.15) is 0 Å². The van der Waals surface area contributed by atoms with Gasteiger partial charge in [-0.1, -0.05) is 108 Å². The molecule has 15 heteroatoms. The van der Waals surface area contributed by atoms with Gasteiger partial charge in [-0.15, -0.1) is 0 Å². The van der Waals surface area contributed by atoms with Gasteiger partial charge in [-0.3, -0.25) is 9.59 Å². The fourth-order valence-corrected chi connectivity index (χ4v) is 12.2. The lowest BCUT2D eigenvalue weighted by Gasteiger charge is -2.41. The lowest BCUT2D eigenvalue weighted by atomic mass is 9.93. The van der Waals surface area contributed by atoms with E-state index in [0.717, 1.165) is 36.8 Å². The number of unbranched alkanes of at least 4 members (excludes halogenated alkanes) is 2. The summed E-state index contributed by atoms with van der Waals surface area (Å²) in [6, 6.07) is 28.1. The zero-order valence-electron chi connectivity index (χ0n) is 37.7. The Hall–Kier alpha value is -5.09. The van der Waals surface area contributed by atoms with Crippen molar-refractivity contribution in [3.8, 4) is 5.69 Å². The summed E-state index contributed by atoms with van der Waals surface area (Å²) in [6.45, 7) is 18.4. The topological polar surface area (TPSA) is 139 Å². The van der Waals surface area contributed by atoms with Crippen LogP contribution in [-0.2, 0) is 37.4 Å². The van der Waals surface area contributed by atoms with Crippen LogP contribution in [0.4, 0.5) is 5.69 Å². The second-order valence-electron chi connectivity index (χ2n) is 17.7. The van der Waals surface area contributed by atoms with Gasteiger partial charge in [0.05, 0.1) is 39.4 Å². The highest BCUT2D eigenvalue weighted by Crippen LogP contribution is 2.38. The highest BCUT2D eigenvalue weighted by Gasteiger charge is 2.41. The first kappa shape index (κ1) is 47.4. The molecule has 1 aromatic heterocycles. The summed E-state index contributed by atoms with van der Waals surface area (Å²) in [5.41, 5.74) is 2.79. The van der Waals surface area contributed by atoms with Crippen molar-refractivity contribution in [1.29, 1.82) is 0 Å². The molecule has 0 aliphatic carbocycles. The first-order chi connectivity index (χ1) is 29.8. The van der Waals surface area contributed by atoms with Gasteiger partial charge in [0.25, 0.3) is 31.9 Å². The molecule has 12 nitrogen and oxygen atoms in total. The largest absolute Gasteiger partial charge is 0.415 e. The second-order valence-corrected chi connectivity index (χ2v) is 26.4. The Morgan fingerprint density at radius 3 is 1.86 bits per heavy atom. The predicted octanol–water partition coefficient (Wildman–Crippen LogP) is 9.40. The molecule has 1 atom stereocenters. The van der Waals surface area contributed by atoms with E-state index in [4.69, 9.17) is 9.52 Å². The average Bonchev–Trinajstić information content (AvgIpc) is 3.65. The molecule has 1 aliphatic heterocycles. The van der Waals surface area contributed by atoms with Crippen LogP contribution in [0.15, 0.2) is 119 Å². The second kappa shape index (κ2) is 19.3. The molecule has 0 bridgehead atoms. The van der Waals surface area contributed by atoms with Crippen molar-refractivity contribution in [1.82, 2.24) is 19.6 Å². The van der Waals surface area contributed by atoms with E-state index in [1.165, 1.54) is 71.4 Å². The van der Waals surface area contributed by atoms with Crippen molar-refractivity contribution in [3.63, 3.8) is 0 Å². The number of amides is 2. The van der Waals surface area contributed by atoms with E-state index in [2.05, 4.69) is 53.8 Å². The minimum atomic E-state index is -4.80. The quantitative estimate of drug-likeness (QED) is 0.0842. The van der Waals surface area contributed by atoms with Crippen molar-refractivity contribution in [2.75, 3.05) is 23.4 Å². The van der Waals surface area contributed by atoms with Crippen LogP contribution in [0, 0.1) is 6.92 Å². The number of carbonyl (C=O) groups is 2. The molecule has 1 unspecified atom stereocenters. The fraction of sp³-hybridized carbons (Fsp3) is 0.396. The number of fused-ring (bicyclic) bond motifs is 1. The number of rotatable bonds is 17. The van der Waals surface area contributed by atoms with Crippen LogP contribution in [0.1, 0.15) is 98.0 Å². The summed E-state index contributed by atoms with van der Waals surface area (Å²) in [7, 11) is -11.9. The smallest absolute Gasteiger partial charge is 0.277 e. The summed E-state index contributed by atoms with van der Waals surface area (Å²) in [5.74, 6) is -0.706. The van der Waals surface area contributed by atoms with Gasteiger partial charge in [0.2, 0.25) is 0 Å². The summed E-state index contributed by atoms with van der Waals surface area (Å²) >= 11 is 0. The van der Waals surface area contributed by atoms with Crippen LogP contribution in [0.3, 0.4) is 0 Å². The molecule has 1 aliphatic rings. The molecule has 5 aromatic rings. The van der Waals surface area contributed by atoms with Gasteiger partial charge >= 0.3 is 0 Å². The molecule has 2 heterocycles.